The number of hydrogen-bond donors (Lipinski definition) is 4. The number of nitrogens with zero attached hydrogens (tertiary/aromatic N) is 10. The molecule has 0 saturated carbocycles. The Morgan fingerprint density at radius 2 is 1.05 bits per heavy atom. The van der Waals surface area contributed by atoms with Crippen molar-refractivity contribution in [1.82, 2.24) is 50.1 Å². The first-order valence-electron chi connectivity index (χ1n) is 21.2. The van der Waals surface area contributed by atoms with Crippen LogP contribution in [-0.2, 0) is 39.0 Å². The van der Waals surface area contributed by atoms with Crippen molar-refractivity contribution in [2.45, 2.75) is 52.9 Å². The SMILES string of the molecule is Cc1cc(N(c2nc(Nc3ccccc3)nc3c2CCN(Cc2ccccc2)C3)N(c2cc(C)n[nH]2)c2nc(Nc3ccc(Cl)cc3)nc3c2CN(Cc2ccccc2)CC3)[nH]n1. The molecule has 0 saturated heterocycles. The summed E-state index contributed by atoms with van der Waals surface area (Å²) in [6, 6.07) is 42.8. The third-order valence-electron chi connectivity index (χ3n) is 11.3. The summed E-state index contributed by atoms with van der Waals surface area (Å²) in [6.45, 7) is 8.43. The third-order valence-corrected chi connectivity index (χ3v) is 11.6. The maximum absolute atomic E-state index is 6.31. The van der Waals surface area contributed by atoms with E-state index in [1.54, 1.807) is 0 Å². The highest BCUT2D eigenvalue weighted by atomic mass is 35.5. The van der Waals surface area contributed by atoms with Gasteiger partial charge in [0.25, 0.3) is 0 Å². The van der Waals surface area contributed by atoms with Crippen LogP contribution in [0.25, 0.3) is 0 Å². The van der Waals surface area contributed by atoms with Gasteiger partial charge in [-0.05, 0) is 67.8 Å². The van der Waals surface area contributed by atoms with Crippen molar-refractivity contribution in [3.8, 4) is 0 Å². The van der Waals surface area contributed by atoms with Crippen LogP contribution in [0, 0.1) is 13.8 Å². The second-order valence-corrected chi connectivity index (χ2v) is 16.5. The molecule has 0 amide bonds. The monoisotopic (exact) mass is 854 g/mol. The summed E-state index contributed by atoms with van der Waals surface area (Å²) < 4.78 is 0. The molecule has 0 bridgehead atoms. The van der Waals surface area contributed by atoms with Crippen LogP contribution in [0.3, 0.4) is 0 Å². The second-order valence-electron chi connectivity index (χ2n) is 16.0. The first-order chi connectivity index (χ1) is 30.9. The van der Waals surface area contributed by atoms with Gasteiger partial charge in [-0.3, -0.25) is 20.0 Å². The summed E-state index contributed by atoms with van der Waals surface area (Å²) >= 11 is 6.31. The molecule has 0 radical (unpaired) electrons. The zero-order chi connectivity index (χ0) is 42.7. The Morgan fingerprint density at radius 3 is 1.60 bits per heavy atom. The smallest absolute Gasteiger partial charge is 0.229 e. The molecule has 6 heterocycles. The number of hydrazine groups is 1. The molecule has 0 spiro atoms. The Morgan fingerprint density at radius 1 is 0.556 bits per heavy atom. The van der Waals surface area contributed by atoms with Crippen LogP contribution in [0.2, 0.25) is 5.02 Å². The van der Waals surface area contributed by atoms with Crippen molar-refractivity contribution in [2.24, 2.45) is 0 Å². The molecule has 4 N–H and O–H groups in total. The maximum atomic E-state index is 6.31. The molecular weight excluding hydrogens is 808 g/mol. The molecule has 14 nitrogen and oxygen atoms in total. The van der Waals surface area contributed by atoms with E-state index in [9.17, 15) is 0 Å². The molecule has 4 aromatic carbocycles. The summed E-state index contributed by atoms with van der Waals surface area (Å²) in [5.74, 6) is 3.65. The van der Waals surface area contributed by atoms with E-state index in [4.69, 9.17) is 31.5 Å². The van der Waals surface area contributed by atoms with Gasteiger partial charge in [0.1, 0.15) is 0 Å². The Balaban J connectivity index is 1.16. The van der Waals surface area contributed by atoms with E-state index in [1.165, 1.54) is 11.1 Å². The number of benzene rings is 4. The number of halogens is 1. The number of aromatic nitrogens is 8. The first-order valence-corrected chi connectivity index (χ1v) is 21.6. The molecule has 0 fully saturated rings. The fourth-order valence-corrected chi connectivity index (χ4v) is 8.44. The number of para-hydroxylation sites is 1. The standard InChI is InChI=1S/C48H47ClN14/c1-32-26-43(58-56-32)62(45-39-22-24-61(29-35-14-8-4-9-15-35)31-42(39)53-48(54-45)50-37-16-10-5-11-17-37)63(44-27-33(2)57-59-44)46-40-30-60(28-34-12-6-3-7-13-34)25-23-41(40)52-47(55-46)51-38-20-18-36(49)19-21-38/h3-21,26-27H,22-25,28-31H2,1-2H3,(H,56,58)(H,57,59)(H,50,53,54)(H,51,52,55). The molecule has 63 heavy (non-hydrogen) atoms. The summed E-state index contributed by atoms with van der Waals surface area (Å²) in [4.78, 5) is 26.1. The minimum atomic E-state index is 0.456. The molecule has 2 aliphatic heterocycles. The molecule has 8 aromatic rings. The normalized spacial score (nSPS) is 13.9. The molecule has 4 aromatic heterocycles. The molecule has 10 rings (SSSR count). The lowest BCUT2D eigenvalue weighted by atomic mass is 10.0. The summed E-state index contributed by atoms with van der Waals surface area (Å²) in [5, 5.41) is 27.9. The maximum Gasteiger partial charge on any atom is 0.229 e. The van der Waals surface area contributed by atoms with Crippen LogP contribution in [-0.4, -0.2) is 63.2 Å². The average Bonchev–Trinajstić information content (AvgIpc) is 3.94. The highest BCUT2D eigenvalue weighted by Gasteiger charge is 2.36. The van der Waals surface area contributed by atoms with Gasteiger partial charge in [-0.15, -0.1) is 0 Å². The predicted octanol–water partition coefficient (Wildman–Crippen LogP) is 9.48. The summed E-state index contributed by atoms with van der Waals surface area (Å²) in [7, 11) is 0. The molecule has 0 unspecified atom stereocenters. The van der Waals surface area contributed by atoms with Gasteiger partial charge in [-0.25, -0.2) is 20.0 Å². The summed E-state index contributed by atoms with van der Waals surface area (Å²) in [6.07, 6.45) is 1.43. The Bertz CT molecular complexity index is 2810. The van der Waals surface area contributed by atoms with Crippen molar-refractivity contribution < 1.29 is 0 Å². The fraction of sp³-hybridized carbons (Fsp3) is 0.208. The van der Waals surface area contributed by atoms with E-state index in [-0.39, 0.29) is 0 Å². The van der Waals surface area contributed by atoms with Crippen LogP contribution in [0.5, 0.6) is 0 Å². The second kappa shape index (κ2) is 17.7. The van der Waals surface area contributed by atoms with Crippen LogP contribution in [0.4, 0.5) is 46.5 Å². The van der Waals surface area contributed by atoms with E-state index < -0.39 is 0 Å². The lowest BCUT2D eigenvalue weighted by Crippen LogP contribution is -2.42. The van der Waals surface area contributed by atoms with Gasteiger partial charge in [0.05, 0.1) is 22.8 Å². The molecule has 2 aliphatic rings. The first kappa shape index (κ1) is 40.0. The largest absolute Gasteiger partial charge is 0.324 e. The van der Waals surface area contributed by atoms with E-state index in [0.717, 1.165) is 77.9 Å². The third kappa shape index (κ3) is 8.96. The van der Waals surface area contributed by atoms with Gasteiger partial charge in [-0.1, -0.05) is 90.5 Å². The number of nitrogens with one attached hydrogen (secondary N) is 4. The Labute approximate surface area is 371 Å². The summed E-state index contributed by atoms with van der Waals surface area (Å²) in [5.41, 5.74) is 9.74. The number of rotatable bonds is 13. The lowest BCUT2D eigenvalue weighted by molar-refractivity contribution is 0.241. The number of H-pyrrole nitrogens is 2. The molecular formula is C48H47ClN14. The van der Waals surface area contributed by atoms with Crippen LogP contribution >= 0.6 is 11.6 Å². The van der Waals surface area contributed by atoms with Crippen molar-refractivity contribution in [2.75, 3.05) is 33.7 Å². The van der Waals surface area contributed by atoms with Crippen molar-refractivity contribution in [3.05, 3.63) is 177 Å². The van der Waals surface area contributed by atoms with Crippen LogP contribution < -0.4 is 20.7 Å². The number of aromatic amines is 2. The molecule has 316 valence electrons. The van der Waals surface area contributed by atoms with E-state index in [2.05, 4.69) is 112 Å². The number of hydrogen-bond acceptors (Lipinski definition) is 12. The molecule has 0 atom stereocenters. The number of fused-ring (bicyclic) bond motifs is 2. The molecule has 15 heteroatoms. The zero-order valence-electron chi connectivity index (χ0n) is 35.1. The van der Waals surface area contributed by atoms with Crippen molar-refractivity contribution in [3.63, 3.8) is 0 Å². The molecule has 0 aliphatic carbocycles. The highest BCUT2D eigenvalue weighted by molar-refractivity contribution is 6.30. The van der Waals surface area contributed by atoms with Gasteiger partial charge < -0.3 is 10.6 Å². The van der Waals surface area contributed by atoms with Crippen LogP contribution in [0.1, 0.15) is 45.0 Å². The minimum Gasteiger partial charge on any atom is -0.324 e. The van der Waals surface area contributed by atoms with E-state index in [1.807, 2.05) is 80.6 Å². The Hall–Kier alpha value is -7.13. The van der Waals surface area contributed by atoms with Crippen molar-refractivity contribution in [1.29, 1.82) is 0 Å². The van der Waals surface area contributed by atoms with Gasteiger partial charge in [0.15, 0.2) is 23.3 Å². The van der Waals surface area contributed by atoms with Crippen LogP contribution in [0.15, 0.2) is 127 Å². The van der Waals surface area contributed by atoms with Gasteiger partial charge >= 0.3 is 0 Å². The van der Waals surface area contributed by atoms with Gasteiger partial charge in [0.2, 0.25) is 11.9 Å². The predicted molar refractivity (Wildman–Crippen MR) is 248 cm³/mol. The fourth-order valence-electron chi connectivity index (χ4n) is 8.31. The average molecular weight is 855 g/mol. The lowest BCUT2D eigenvalue weighted by Gasteiger charge is -2.39. The Kier molecular flexibility index (Phi) is 11.2. The van der Waals surface area contributed by atoms with E-state index in [0.29, 0.717) is 59.7 Å². The van der Waals surface area contributed by atoms with Gasteiger partial charge in [0, 0.05) is 85.3 Å². The topological polar surface area (TPSA) is 146 Å². The number of anilines is 8. The minimum absolute atomic E-state index is 0.456. The van der Waals surface area contributed by atoms with Crippen molar-refractivity contribution >= 4 is 58.1 Å². The van der Waals surface area contributed by atoms with Gasteiger partial charge in [-0.2, -0.15) is 20.2 Å². The quantitative estimate of drug-likeness (QED) is 0.0820. The van der Waals surface area contributed by atoms with E-state index >= 15 is 0 Å². The highest BCUT2D eigenvalue weighted by Crippen LogP contribution is 2.41. The zero-order valence-corrected chi connectivity index (χ0v) is 35.9. The number of aryl methyl sites for hydroxylation is 2.